The highest BCUT2D eigenvalue weighted by molar-refractivity contribution is 5.74. The molecule has 10 heavy (non-hydrogen) atoms. The molecule has 0 aromatic carbocycles. The molecule has 0 radical (unpaired) electrons. The number of aldehydes is 1. The summed E-state index contributed by atoms with van der Waals surface area (Å²) in [5, 5.41) is 8.69. The summed E-state index contributed by atoms with van der Waals surface area (Å²) in [5.74, 6) is 0. The summed E-state index contributed by atoms with van der Waals surface area (Å²) < 4.78 is 1.68. The van der Waals surface area contributed by atoms with E-state index in [0.29, 0.717) is 11.3 Å². The maximum atomic E-state index is 10.3. The van der Waals surface area contributed by atoms with Crippen molar-refractivity contribution in [2.75, 3.05) is 0 Å². The Labute approximate surface area is 58.9 Å². The zero-order valence-corrected chi connectivity index (χ0v) is 5.74. The van der Waals surface area contributed by atoms with E-state index in [0.717, 1.165) is 6.29 Å². The number of aryl methyl sites for hydroxylation is 1. The van der Waals surface area contributed by atoms with E-state index in [1.807, 2.05) is 0 Å². The maximum Gasteiger partial charge on any atom is 0.166 e. The molecule has 0 saturated carbocycles. The lowest BCUT2D eigenvalue weighted by Crippen LogP contribution is -1.96. The van der Waals surface area contributed by atoms with E-state index in [1.54, 1.807) is 23.9 Å². The van der Waals surface area contributed by atoms with Crippen molar-refractivity contribution in [3.8, 4) is 0 Å². The third kappa shape index (κ3) is 0.953. The Bertz CT molecular complexity index is 240. The fraction of sp³-hybridized carbons (Fsp3) is 0.286. The molecule has 0 atom stereocenters. The van der Waals surface area contributed by atoms with Crippen molar-refractivity contribution in [3.63, 3.8) is 0 Å². The molecule has 54 valence electrons. The Hall–Kier alpha value is -1.09. The van der Waals surface area contributed by atoms with Gasteiger partial charge in [0.1, 0.15) is 0 Å². The van der Waals surface area contributed by atoms with E-state index in [2.05, 4.69) is 0 Å². The number of rotatable bonds is 2. The van der Waals surface area contributed by atoms with Gasteiger partial charge in [-0.3, -0.25) is 4.79 Å². The van der Waals surface area contributed by atoms with Crippen LogP contribution in [0, 0.1) is 0 Å². The van der Waals surface area contributed by atoms with Crippen molar-refractivity contribution in [1.29, 1.82) is 0 Å². The van der Waals surface area contributed by atoms with Crippen LogP contribution < -0.4 is 0 Å². The second-order valence-electron chi connectivity index (χ2n) is 2.11. The van der Waals surface area contributed by atoms with Gasteiger partial charge in [-0.2, -0.15) is 0 Å². The number of carbonyl (C=O) groups is 1. The average molecular weight is 139 g/mol. The van der Waals surface area contributed by atoms with E-state index >= 15 is 0 Å². The molecular weight excluding hydrogens is 130 g/mol. The lowest BCUT2D eigenvalue weighted by Gasteiger charge is -1.94. The highest BCUT2D eigenvalue weighted by atomic mass is 16.3. The Morgan fingerprint density at radius 2 is 2.50 bits per heavy atom. The summed E-state index contributed by atoms with van der Waals surface area (Å²) in [4.78, 5) is 10.3. The molecule has 0 unspecified atom stereocenters. The molecule has 1 aromatic rings. The second-order valence-corrected chi connectivity index (χ2v) is 2.11. The lowest BCUT2D eigenvalue weighted by molar-refractivity contribution is 0.111. The largest absolute Gasteiger partial charge is 0.392 e. The van der Waals surface area contributed by atoms with Gasteiger partial charge in [-0.15, -0.1) is 0 Å². The monoisotopic (exact) mass is 139 g/mol. The van der Waals surface area contributed by atoms with Crippen molar-refractivity contribution < 1.29 is 9.90 Å². The van der Waals surface area contributed by atoms with Gasteiger partial charge in [0, 0.05) is 18.8 Å². The minimum absolute atomic E-state index is 0.0745. The molecule has 0 amide bonds. The second kappa shape index (κ2) is 2.66. The first-order valence-corrected chi connectivity index (χ1v) is 3.00. The van der Waals surface area contributed by atoms with Gasteiger partial charge in [0.05, 0.1) is 12.3 Å². The standard InChI is InChI=1S/C7H9NO2/c1-8-3-2-6(4-9)7(8)5-10/h2-3,5,9H,4H2,1H3. The van der Waals surface area contributed by atoms with E-state index in [-0.39, 0.29) is 6.61 Å². The molecule has 0 aliphatic rings. The minimum atomic E-state index is -0.0745. The van der Waals surface area contributed by atoms with Crippen molar-refractivity contribution >= 4 is 6.29 Å². The van der Waals surface area contributed by atoms with E-state index in [1.165, 1.54) is 0 Å². The molecule has 1 aromatic heterocycles. The predicted octanol–water partition coefficient (Wildman–Crippen LogP) is 0.330. The normalized spacial score (nSPS) is 9.80. The van der Waals surface area contributed by atoms with Crippen LogP contribution in [-0.2, 0) is 13.7 Å². The van der Waals surface area contributed by atoms with Crippen LogP contribution in [0.4, 0.5) is 0 Å². The van der Waals surface area contributed by atoms with Gasteiger partial charge in [-0.25, -0.2) is 0 Å². The molecule has 0 bridgehead atoms. The molecular formula is C7H9NO2. The van der Waals surface area contributed by atoms with Crippen LogP contribution in [0.25, 0.3) is 0 Å². The molecule has 3 heteroatoms. The maximum absolute atomic E-state index is 10.3. The van der Waals surface area contributed by atoms with Gasteiger partial charge < -0.3 is 9.67 Å². The van der Waals surface area contributed by atoms with Crippen LogP contribution in [0.3, 0.4) is 0 Å². The fourth-order valence-corrected chi connectivity index (χ4v) is 0.886. The number of nitrogens with zero attached hydrogens (tertiary/aromatic N) is 1. The summed E-state index contributed by atoms with van der Waals surface area (Å²) >= 11 is 0. The average Bonchev–Trinajstić information content (AvgIpc) is 2.30. The zero-order chi connectivity index (χ0) is 7.56. The first-order valence-electron chi connectivity index (χ1n) is 3.00. The first-order chi connectivity index (χ1) is 4.79. The number of hydrogen-bond donors (Lipinski definition) is 1. The Balaban J connectivity index is 3.12. The highest BCUT2D eigenvalue weighted by Crippen LogP contribution is 2.05. The number of carbonyl (C=O) groups excluding carboxylic acids is 1. The van der Waals surface area contributed by atoms with E-state index in [4.69, 9.17) is 5.11 Å². The molecule has 0 aliphatic heterocycles. The number of aliphatic hydroxyl groups is 1. The van der Waals surface area contributed by atoms with Gasteiger partial charge in [0.25, 0.3) is 0 Å². The number of hydrogen-bond acceptors (Lipinski definition) is 2. The third-order valence-electron chi connectivity index (χ3n) is 1.49. The van der Waals surface area contributed by atoms with Crippen molar-refractivity contribution in [2.24, 2.45) is 7.05 Å². The molecule has 0 aliphatic carbocycles. The lowest BCUT2D eigenvalue weighted by atomic mass is 10.3. The number of aromatic nitrogens is 1. The van der Waals surface area contributed by atoms with Crippen molar-refractivity contribution in [3.05, 3.63) is 23.5 Å². The van der Waals surface area contributed by atoms with Crippen molar-refractivity contribution in [2.45, 2.75) is 6.61 Å². The van der Waals surface area contributed by atoms with Gasteiger partial charge in [-0.05, 0) is 6.07 Å². The molecule has 1 rings (SSSR count). The smallest absolute Gasteiger partial charge is 0.166 e. The van der Waals surface area contributed by atoms with Crippen LogP contribution in [0.1, 0.15) is 16.1 Å². The Morgan fingerprint density at radius 1 is 1.80 bits per heavy atom. The summed E-state index contributed by atoms with van der Waals surface area (Å²) in [6, 6.07) is 1.73. The van der Waals surface area contributed by atoms with Crippen molar-refractivity contribution in [1.82, 2.24) is 4.57 Å². The third-order valence-corrected chi connectivity index (χ3v) is 1.49. The molecule has 3 nitrogen and oxygen atoms in total. The Kier molecular flexibility index (Phi) is 1.87. The summed E-state index contributed by atoms with van der Waals surface area (Å²) in [6.07, 6.45) is 2.49. The Morgan fingerprint density at radius 3 is 2.90 bits per heavy atom. The van der Waals surface area contributed by atoms with Crippen LogP contribution in [0.2, 0.25) is 0 Å². The van der Waals surface area contributed by atoms with Crippen LogP contribution >= 0.6 is 0 Å². The summed E-state index contributed by atoms with van der Waals surface area (Å²) in [6.45, 7) is -0.0745. The molecule has 0 fully saturated rings. The SMILES string of the molecule is Cn1ccc(CO)c1C=O. The molecule has 1 heterocycles. The van der Waals surface area contributed by atoms with E-state index < -0.39 is 0 Å². The summed E-state index contributed by atoms with van der Waals surface area (Å²) in [5.41, 5.74) is 1.22. The fourth-order valence-electron chi connectivity index (χ4n) is 0.886. The van der Waals surface area contributed by atoms with Crippen LogP contribution in [0.5, 0.6) is 0 Å². The molecule has 0 saturated heterocycles. The number of aliphatic hydroxyl groups excluding tert-OH is 1. The van der Waals surface area contributed by atoms with Gasteiger partial charge >= 0.3 is 0 Å². The minimum Gasteiger partial charge on any atom is -0.392 e. The van der Waals surface area contributed by atoms with Gasteiger partial charge in [0.2, 0.25) is 0 Å². The van der Waals surface area contributed by atoms with Gasteiger partial charge in [-0.1, -0.05) is 0 Å². The van der Waals surface area contributed by atoms with Crippen LogP contribution in [-0.4, -0.2) is 16.0 Å². The first kappa shape index (κ1) is 7.02. The molecule has 0 spiro atoms. The molecule has 1 N–H and O–H groups in total. The van der Waals surface area contributed by atoms with Gasteiger partial charge in [0.15, 0.2) is 6.29 Å². The predicted molar refractivity (Wildman–Crippen MR) is 36.7 cm³/mol. The van der Waals surface area contributed by atoms with Crippen LogP contribution in [0.15, 0.2) is 12.3 Å². The highest BCUT2D eigenvalue weighted by Gasteiger charge is 2.02. The topological polar surface area (TPSA) is 42.2 Å². The quantitative estimate of drug-likeness (QED) is 0.600. The zero-order valence-electron chi connectivity index (χ0n) is 5.74. The van der Waals surface area contributed by atoms with E-state index in [9.17, 15) is 4.79 Å². The summed E-state index contributed by atoms with van der Waals surface area (Å²) in [7, 11) is 1.77.